The van der Waals surface area contributed by atoms with Gasteiger partial charge in [-0.2, -0.15) is 0 Å². The van der Waals surface area contributed by atoms with Gasteiger partial charge in [0.1, 0.15) is 0 Å². The Kier molecular flexibility index (Phi) is 5.65. The van der Waals surface area contributed by atoms with Gasteiger partial charge in [0.15, 0.2) is 0 Å². The van der Waals surface area contributed by atoms with Crippen LogP contribution in [0.2, 0.25) is 0 Å². The average Bonchev–Trinajstić information content (AvgIpc) is 0.722. The smallest absolute Gasteiger partial charge is 4.00 e. The summed E-state index contributed by atoms with van der Waals surface area (Å²) >= 11 is -6.00. The molecular formula is O4Ti2. The van der Waals surface area contributed by atoms with E-state index in [0.717, 1.165) is 0 Å². The molecule has 0 aromatic heterocycles. The van der Waals surface area contributed by atoms with Crippen LogP contribution in [-0.4, -0.2) is 0 Å². The van der Waals surface area contributed by atoms with Crippen LogP contribution >= 0.6 is 0 Å². The van der Waals surface area contributed by atoms with Crippen LogP contribution in [0.5, 0.6) is 0 Å². The predicted molar refractivity (Wildman–Crippen MR) is 0 cm³/mol. The molecule has 0 aromatic rings. The fraction of sp³-hybridized carbons (Fsp3) is 0. The molecule has 4 nitrogen and oxygen atoms in total. The molecule has 0 aliphatic rings. The minimum Gasteiger partial charge on any atom is 4.00 e. The third-order valence-electron chi connectivity index (χ3n) is 0. The van der Waals surface area contributed by atoms with Crippen molar-refractivity contribution in [3.8, 4) is 0 Å². The van der Waals surface area contributed by atoms with Gasteiger partial charge in [-0.05, 0) is 0 Å². The number of hydrogen-bond acceptors (Lipinski definition) is 4. The summed E-state index contributed by atoms with van der Waals surface area (Å²) in [6, 6.07) is 0. The summed E-state index contributed by atoms with van der Waals surface area (Å²) in [5, 5.41) is 0. The molecule has 0 spiro atoms. The van der Waals surface area contributed by atoms with E-state index in [9.17, 15) is 0 Å². The second-order valence-corrected chi connectivity index (χ2v) is 2.06. The van der Waals surface area contributed by atoms with Crippen LogP contribution < -0.4 is 14.8 Å². The van der Waals surface area contributed by atoms with Crippen LogP contribution in [0, 0.1) is 0 Å². The first-order chi connectivity index (χ1) is 2.00. The third-order valence-corrected chi connectivity index (χ3v) is 0. The van der Waals surface area contributed by atoms with E-state index in [2.05, 4.69) is 0 Å². The third kappa shape index (κ3) is 59.7. The van der Waals surface area contributed by atoms with Crippen molar-refractivity contribution in [1.29, 1.82) is 0 Å². The Morgan fingerprint density at radius 1 is 0.833 bits per heavy atom. The van der Waals surface area contributed by atoms with Crippen LogP contribution in [0.25, 0.3) is 0 Å². The van der Waals surface area contributed by atoms with E-state index in [4.69, 9.17) is 14.8 Å². The van der Waals surface area contributed by atoms with E-state index in [0.29, 0.717) is 0 Å². The fourth-order valence-corrected chi connectivity index (χ4v) is 0. The summed E-state index contributed by atoms with van der Waals surface area (Å²) in [7, 11) is 0. The Morgan fingerprint density at radius 2 is 0.833 bits per heavy atom. The zero-order chi connectivity index (χ0) is 4.50. The maximum absolute atomic E-state index is 8.62. The Bertz CT molecular complexity index is 21.0. The van der Waals surface area contributed by atoms with Crippen molar-refractivity contribution in [3.63, 3.8) is 0 Å². The van der Waals surface area contributed by atoms with E-state index < -0.39 is 18.1 Å². The van der Waals surface area contributed by atoms with Crippen molar-refractivity contribution < 1.29 is 54.6 Å². The second kappa shape index (κ2) is 3.29. The summed E-state index contributed by atoms with van der Waals surface area (Å²) in [6.07, 6.45) is 0. The molecule has 0 atom stereocenters. The van der Waals surface area contributed by atoms with E-state index in [1.807, 2.05) is 0 Å². The number of rotatable bonds is 0. The molecule has 0 fully saturated rings. The van der Waals surface area contributed by atoms with E-state index in [1.165, 1.54) is 0 Å². The molecule has 0 radical (unpaired) electrons. The van der Waals surface area contributed by atoms with Gasteiger partial charge in [-0.15, -0.1) is 0 Å². The quantitative estimate of drug-likeness (QED) is 0.332. The van der Waals surface area contributed by atoms with Crippen LogP contribution in [0.1, 0.15) is 0 Å². The Balaban J connectivity index is 0. The van der Waals surface area contributed by atoms with Crippen LogP contribution in [-0.2, 0) is 39.9 Å². The van der Waals surface area contributed by atoms with E-state index >= 15 is 0 Å². The fourth-order valence-electron chi connectivity index (χ4n) is 0. The van der Waals surface area contributed by atoms with Gasteiger partial charge in [-0.1, -0.05) is 0 Å². The second-order valence-electron chi connectivity index (χ2n) is 0.500. The zero-order valence-corrected chi connectivity index (χ0v) is 5.76. The molecule has 0 aliphatic heterocycles. The van der Waals surface area contributed by atoms with Gasteiger partial charge in [0.25, 0.3) is 0 Å². The minimum atomic E-state index is -6.00. The first-order valence-corrected chi connectivity index (χ1v) is 3.37. The molecule has 0 saturated carbocycles. The van der Waals surface area contributed by atoms with E-state index in [1.54, 1.807) is 0 Å². The standard InChI is InChI=1S/4O.2Ti/q4*-1;;+4. The van der Waals surface area contributed by atoms with Crippen molar-refractivity contribution in [3.05, 3.63) is 0 Å². The largest absolute Gasteiger partial charge is 4.00 e. The summed E-state index contributed by atoms with van der Waals surface area (Å²) < 4.78 is 34.5. The molecule has 0 aliphatic carbocycles. The molecule has 0 heterocycles. The Morgan fingerprint density at radius 3 is 0.833 bits per heavy atom. The van der Waals surface area contributed by atoms with Crippen molar-refractivity contribution >= 4 is 0 Å². The molecule has 6 heavy (non-hydrogen) atoms. The molecule has 0 unspecified atom stereocenters. The molecule has 0 saturated heterocycles. The van der Waals surface area contributed by atoms with Crippen LogP contribution in [0.15, 0.2) is 0 Å². The van der Waals surface area contributed by atoms with Crippen molar-refractivity contribution in [1.82, 2.24) is 0 Å². The molecule has 0 rings (SSSR count). The summed E-state index contributed by atoms with van der Waals surface area (Å²) in [5.74, 6) is 0. The summed E-state index contributed by atoms with van der Waals surface area (Å²) in [5.41, 5.74) is 0. The van der Waals surface area contributed by atoms with E-state index in [-0.39, 0.29) is 21.7 Å². The SMILES string of the molecule is [O-][Ti]([O-])([O-])[O-].[Ti+4]. The van der Waals surface area contributed by atoms with Gasteiger partial charge in [-0.3, -0.25) is 0 Å². The molecule has 6 heteroatoms. The van der Waals surface area contributed by atoms with Crippen molar-refractivity contribution in [2.24, 2.45) is 0 Å². The summed E-state index contributed by atoms with van der Waals surface area (Å²) in [4.78, 5) is 0. The molecule has 32 valence electrons. The molecule has 0 amide bonds. The van der Waals surface area contributed by atoms with Gasteiger partial charge >= 0.3 is 54.6 Å². The Labute approximate surface area is 54.6 Å². The van der Waals surface area contributed by atoms with Crippen LogP contribution in [0.3, 0.4) is 0 Å². The average molecular weight is 160 g/mol. The monoisotopic (exact) mass is 160 g/mol. The van der Waals surface area contributed by atoms with Gasteiger partial charge in [0, 0.05) is 0 Å². The number of hydrogen-bond donors (Lipinski definition) is 0. The molecule has 0 N–H and O–H groups in total. The first-order valence-electron chi connectivity index (χ1n) is 0.816. The van der Waals surface area contributed by atoms with Crippen molar-refractivity contribution in [2.45, 2.75) is 0 Å². The summed E-state index contributed by atoms with van der Waals surface area (Å²) in [6.45, 7) is 0. The van der Waals surface area contributed by atoms with Gasteiger partial charge < -0.3 is 0 Å². The Hall–Kier alpha value is 1.27. The zero-order valence-electron chi connectivity index (χ0n) is 2.63. The van der Waals surface area contributed by atoms with Crippen molar-refractivity contribution in [2.75, 3.05) is 0 Å². The maximum atomic E-state index is 8.62. The molecule has 0 bridgehead atoms. The first kappa shape index (κ1) is 10.3. The van der Waals surface area contributed by atoms with Gasteiger partial charge in [0.2, 0.25) is 0 Å². The normalized spacial score (nSPS) is 10.0. The van der Waals surface area contributed by atoms with Gasteiger partial charge in [-0.25, -0.2) is 0 Å². The molecule has 0 aromatic carbocycles. The minimum absolute atomic E-state index is 0. The van der Waals surface area contributed by atoms with Gasteiger partial charge in [0.05, 0.1) is 0 Å². The topological polar surface area (TPSA) is 92.2 Å². The van der Waals surface area contributed by atoms with Crippen LogP contribution in [0.4, 0.5) is 0 Å². The predicted octanol–water partition coefficient (Wildman–Crippen LogP) is -4.76. The maximum Gasteiger partial charge on any atom is 4.00 e. The molecular weight excluding hydrogens is 160 g/mol.